The van der Waals surface area contributed by atoms with E-state index < -0.39 is 46.9 Å². The lowest BCUT2D eigenvalue weighted by molar-refractivity contribution is -0.141. The fourth-order valence-corrected chi connectivity index (χ4v) is 5.51. The Hall–Kier alpha value is -6.18. The molecule has 0 spiro atoms. The van der Waals surface area contributed by atoms with Crippen LogP contribution in [0.25, 0.3) is 16.6 Å². The maximum Gasteiger partial charge on any atom is 0.408 e. The first kappa shape index (κ1) is 36.1. The molecule has 1 unspecified atom stereocenters. The van der Waals surface area contributed by atoms with Crippen LogP contribution in [-0.2, 0) is 16.1 Å². The van der Waals surface area contributed by atoms with Crippen LogP contribution in [0.2, 0.25) is 0 Å². The number of hydrogen-bond donors (Lipinski definition) is 3. The van der Waals surface area contributed by atoms with Crippen LogP contribution in [0.1, 0.15) is 43.7 Å². The SMILES string of the molecule is COc1ccc2c(Oc3ccc(NC(=O)c4c(C)n(C[C@H](C)C(NC(=O)OC(C)(C)C)C(=O)O)n(-c5ccccc5)c4=O)cc3F)ccnc2c1. The molecule has 0 aliphatic rings. The van der Waals surface area contributed by atoms with Crippen molar-refractivity contribution in [1.82, 2.24) is 19.7 Å². The normalized spacial score (nSPS) is 12.5. The monoisotopic (exact) mass is 699 g/mol. The number of pyridine rings is 1. The highest BCUT2D eigenvalue weighted by molar-refractivity contribution is 6.05. The molecule has 0 saturated heterocycles. The summed E-state index contributed by atoms with van der Waals surface area (Å²) in [5, 5.41) is 15.6. The number of carboxylic acid groups (broad SMARTS) is 1. The van der Waals surface area contributed by atoms with E-state index in [1.807, 2.05) is 0 Å². The van der Waals surface area contributed by atoms with Crippen molar-refractivity contribution in [2.24, 2.45) is 5.92 Å². The van der Waals surface area contributed by atoms with Crippen molar-refractivity contribution < 1.29 is 38.1 Å². The first-order chi connectivity index (χ1) is 24.2. The van der Waals surface area contributed by atoms with E-state index in [0.29, 0.717) is 28.1 Å². The molecule has 2 aromatic heterocycles. The molecule has 0 aliphatic heterocycles. The number of nitrogens with zero attached hydrogens (tertiary/aromatic N) is 3. The van der Waals surface area contributed by atoms with Crippen molar-refractivity contribution in [3.8, 4) is 22.9 Å². The predicted octanol–water partition coefficient (Wildman–Crippen LogP) is 6.30. The molecular formula is C37H38FN5O8. The molecule has 5 rings (SSSR count). The smallest absolute Gasteiger partial charge is 0.408 e. The van der Waals surface area contributed by atoms with Gasteiger partial charge in [0.2, 0.25) is 0 Å². The molecule has 0 saturated carbocycles. The van der Waals surface area contributed by atoms with Crippen molar-refractivity contribution in [1.29, 1.82) is 0 Å². The molecule has 2 atom stereocenters. The largest absolute Gasteiger partial charge is 0.497 e. The van der Waals surface area contributed by atoms with Crippen molar-refractivity contribution in [2.45, 2.75) is 52.8 Å². The molecule has 266 valence electrons. The third-order valence-corrected chi connectivity index (χ3v) is 7.91. The minimum atomic E-state index is -1.39. The van der Waals surface area contributed by atoms with Crippen LogP contribution < -0.4 is 25.7 Å². The van der Waals surface area contributed by atoms with Gasteiger partial charge in [-0.25, -0.2) is 18.7 Å². The Kier molecular flexibility index (Phi) is 10.4. The first-order valence-electron chi connectivity index (χ1n) is 16.0. The second-order valence-electron chi connectivity index (χ2n) is 12.8. The molecule has 14 heteroatoms. The molecule has 51 heavy (non-hydrogen) atoms. The summed E-state index contributed by atoms with van der Waals surface area (Å²) in [6, 6.07) is 17.8. The molecule has 0 aliphatic carbocycles. The van der Waals surface area contributed by atoms with Crippen LogP contribution >= 0.6 is 0 Å². The van der Waals surface area contributed by atoms with Gasteiger partial charge < -0.3 is 30.0 Å². The van der Waals surface area contributed by atoms with Gasteiger partial charge >= 0.3 is 12.1 Å². The molecule has 5 aromatic rings. The molecule has 0 bridgehead atoms. The first-order valence-corrected chi connectivity index (χ1v) is 16.0. The number of rotatable bonds is 11. The number of halogens is 1. The predicted molar refractivity (Wildman–Crippen MR) is 187 cm³/mol. The molecular weight excluding hydrogens is 661 g/mol. The molecule has 2 heterocycles. The standard InChI is InChI=1S/C37H38FN5O8/c1-21(32(35(46)47)41-36(48)51-37(3,4)5)20-42-22(2)31(34(45)43(42)24-10-8-7-9-11-24)33(44)40-23-12-15-30(27(38)18-23)50-29-16-17-39-28-19-25(49-6)13-14-26(28)29/h7-19,21,32H,20H2,1-6H3,(H,40,44)(H,41,48)(H,46,47)/t21-,32?/m0/s1. The number of ether oxygens (including phenoxy) is 3. The van der Waals surface area contributed by atoms with Crippen LogP contribution in [0, 0.1) is 18.7 Å². The molecule has 3 aromatic carbocycles. The number of aromatic nitrogens is 3. The topological polar surface area (TPSA) is 163 Å². The van der Waals surface area contributed by atoms with E-state index in [1.165, 1.54) is 27.7 Å². The second-order valence-corrected chi connectivity index (χ2v) is 12.8. The molecule has 13 nitrogen and oxygen atoms in total. The minimum absolute atomic E-state index is 0.0628. The number of anilines is 1. The van der Waals surface area contributed by atoms with Crippen molar-refractivity contribution in [3.63, 3.8) is 0 Å². The van der Waals surface area contributed by atoms with Gasteiger partial charge in [0.05, 0.1) is 24.0 Å². The lowest BCUT2D eigenvalue weighted by Gasteiger charge is -2.26. The zero-order chi connectivity index (χ0) is 37.0. The van der Waals surface area contributed by atoms with Gasteiger partial charge in [0, 0.05) is 41.9 Å². The van der Waals surface area contributed by atoms with Gasteiger partial charge in [0.25, 0.3) is 11.5 Å². The van der Waals surface area contributed by atoms with Crippen LogP contribution in [0.15, 0.2) is 83.8 Å². The van der Waals surface area contributed by atoms with Crippen molar-refractivity contribution in [3.05, 3.63) is 106 Å². The van der Waals surface area contributed by atoms with E-state index in [2.05, 4.69) is 15.6 Å². The number of alkyl carbamates (subject to hydrolysis) is 1. The summed E-state index contributed by atoms with van der Waals surface area (Å²) < 4.78 is 34.5. The van der Waals surface area contributed by atoms with E-state index in [1.54, 1.807) is 96.3 Å². The Morgan fingerprint density at radius 1 is 1.00 bits per heavy atom. The van der Waals surface area contributed by atoms with E-state index in [0.717, 1.165) is 6.07 Å². The Morgan fingerprint density at radius 2 is 1.73 bits per heavy atom. The number of carbonyl (C=O) groups excluding carboxylic acids is 2. The van der Waals surface area contributed by atoms with Gasteiger partial charge in [0.1, 0.15) is 28.7 Å². The maximum absolute atomic E-state index is 15.4. The summed E-state index contributed by atoms with van der Waals surface area (Å²) in [4.78, 5) is 56.6. The molecule has 0 radical (unpaired) electrons. The molecule has 3 N–H and O–H groups in total. The van der Waals surface area contributed by atoms with Crippen molar-refractivity contribution in [2.75, 3.05) is 12.4 Å². The van der Waals surface area contributed by atoms with Crippen LogP contribution in [0.3, 0.4) is 0 Å². The number of nitrogens with one attached hydrogen (secondary N) is 2. The molecule has 2 amide bonds. The Morgan fingerprint density at radius 3 is 2.37 bits per heavy atom. The maximum atomic E-state index is 15.4. The van der Waals surface area contributed by atoms with Gasteiger partial charge in [-0.3, -0.25) is 19.3 Å². The number of benzene rings is 3. The van der Waals surface area contributed by atoms with E-state index >= 15 is 4.39 Å². The Balaban J connectivity index is 1.42. The summed E-state index contributed by atoms with van der Waals surface area (Å²) >= 11 is 0. The summed E-state index contributed by atoms with van der Waals surface area (Å²) in [5.41, 5.74) is -0.493. The number of para-hydroxylation sites is 1. The second kappa shape index (κ2) is 14.7. The zero-order valence-corrected chi connectivity index (χ0v) is 28.9. The fourth-order valence-electron chi connectivity index (χ4n) is 5.51. The summed E-state index contributed by atoms with van der Waals surface area (Å²) in [7, 11) is 1.54. The molecule has 0 fully saturated rings. The van der Waals surface area contributed by atoms with Gasteiger partial charge in [-0.15, -0.1) is 0 Å². The number of amides is 2. The average molecular weight is 700 g/mol. The van der Waals surface area contributed by atoms with E-state index in [-0.39, 0.29) is 29.2 Å². The van der Waals surface area contributed by atoms with Crippen LogP contribution in [0.5, 0.6) is 17.2 Å². The van der Waals surface area contributed by atoms with Gasteiger partial charge in [0.15, 0.2) is 11.6 Å². The van der Waals surface area contributed by atoms with Crippen LogP contribution in [-0.4, -0.2) is 56.2 Å². The van der Waals surface area contributed by atoms with Gasteiger partial charge in [-0.1, -0.05) is 25.1 Å². The van der Waals surface area contributed by atoms with E-state index in [9.17, 15) is 24.3 Å². The highest BCUT2D eigenvalue weighted by Crippen LogP contribution is 2.33. The number of carboxylic acids is 1. The Labute approximate surface area is 292 Å². The minimum Gasteiger partial charge on any atom is -0.497 e. The third kappa shape index (κ3) is 8.18. The average Bonchev–Trinajstić information content (AvgIpc) is 3.32. The lowest BCUT2D eigenvalue weighted by Crippen LogP contribution is -2.48. The number of hydrogen-bond acceptors (Lipinski definition) is 8. The highest BCUT2D eigenvalue weighted by Gasteiger charge is 2.32. The van der Waals surface area contributed by atoms with E-state index in [4.69, 9.17) is 14.2 Å². The van der Waals surface area contributed by atoms with Crippen molar-refractivity contribution >= 4 is 34.6 Å². The lowest BCUT2D eigenvalue weighted by atomic mass is 10.0. The number of methoxy groups -OCH3 is 1. The van der Waals surface area contributed by atoms with Crippen LogP contribution in [0.4, 0.5) is 14.9 Å². The summed E-state index contributed by atoms with van der Waals surface area (Å²) in [6.07, 6.45) is 0.616. The number of aliphatic carboxylic acids is 1. The van der Waals surface area contributed by atoms with Gasteiger partial charge in [-0.2, -0.15) is 0 Å². The number of carbonyl (C=O) groups is 3. The highest BCUT2D eigenvalue weighted by atomic mass is 19.1. The van der Waals surface area contributed by atoms with Gasteiger partial charge in [-0.05, 0) is 70.2 Å². The zero-order valence-electron chi connectivity index (χ0n) is 28.9. The fraction of sp³-hybridized carbons (Fsp3) is 0.270. The Bertz CT molecular complexity index is 2160. The number of fused-ring (bicyclic) bond motifs is 1. The quantitative estimate of drug-likeness (QED) is 0.144. The third-order valence-electron chi connectivity index (χ3n) is 7.91. The summed E-state index contributed by atoms with van der Waals surface area (Å²) in [6.45, 7) is 8.00. The summed E-state index contributed by atoms with van der Waals surface area (Å²) in [5.74, 6) is -2.81.